The first-order valence-electron chi connectivity index (χ1n) is 9.14. The first kappa shape index (κ1) is 18.5. The molecule has 29 heavy (non-hydrogen) atoms. The molecule has 0 radical (unpaired) electrons. The van der Waals surface area contributed by atoms with Crippen LogP contribution in [0, 0.1) is 6.92 Å². The van der Waals surface area contributed by atoms with Gasteiger partial charge in [-0.05, 0) is 31.2 Å². The van der Waals surface area contributed by atoms with E-state index in [0.29, 0.717) is 17.0 Å². The van der Waals surface area contributed by atoms with E-state index in [1.54, 1.807) is 36.4 Å². The molecule has 0 fully saturated rings. The van der Waals surface area contributed by atoms with Crippen molar-refractivity contribution < 1.29 is 14.3 Å². The predicted octanol–water partition coefficient (Wildman–Crippen LogP) is 2.23. The molecule has 2 aromatic heterocycles. The summed E-state index contributed by atoms with van der Waals surface area (Å²) in [4.78, 5) is 41.3. The Kier molecular flexibility index (Phi) is 4.90. The van der Waals surface area contributed by atoms with Crippen LogP contribution >= 0.6 is 0 Å². The number of aromatic nitrogens is 2. The second-order valence-electron chi connectivity index (χ2n) is 6.61. The summed E-state index contributed by atoms with van der Waals surface area (Å²) in [6.45, 7) is 1.66. The number of aryl methyl sites for hydroxylation is 1. The zero-order chi connectivity index (χ0) is 20.4. The number of ether oxygens (including phenoxy) is 1. The van der Waals surface area contributed by atoms with Gasteiger partial charge in [-0.3, -0.25) is 14.0 Å². The number of fused-ring (bicyclic) bond motifs is 1. The molecule has 0 bridgehead atoms. The third kappa shape index (κ3) is 3.77. The number of rotatable bonds is 4. The Labute approximate surface area is 166 Å². The van der Waals surface area contributed by atoms with Crippen molar-refractivity contribution >= 4 is 28.9 Å². The number of hydrazone groups is 1. The Hall–Kier alpha value is -3.81. The van der Waals surface area contributed by atoms with Gasteiger partial charge in [0, 0.05) is 24.6 Å². The summed E-state index contributed by atoms with van der Waals surface area (Å²) in [5, 5.41) is 5.38. The van der Waals surface area contributed by atoms with E-state index in [-0.39, 0.29) is 36.6 Å². The van der Waals surface area contributed by atoms with Crippen molar-refractivity contribution in [1.29, 1.82) is 0 Å². The predicted molar refractivity (Wildman–Crippen MR) is 107 cm³/mol. The molecule has 146 valence electrons. The molecule has 0 aliphatic carbocycles. The average molecular weight is 390 g/mol. The molecule has 3 aromatic rings. The summed E-state index contributed by atoms with van der Waals surface area (Å²) in [5.74, 6) is -0.822. The summed E-state index contributed by atoms with van der Waals surface area (Å²) in [7, 11) is 0. The maximum absolute atomic E-state index is 12.5. The zero-order valence-corrected chi connectivity index (χ0v) is 15.7. The van der Waals surface area contributed by atoms with Gasteiger partial charge < -0.3 is 4.74 Å². The summed E-state index contributed by atoms with van der Waals surface area (Å²) < 4.78 is 6.79. The lowest BCUT2D eigenvalue weighted by atomic mass is 10.1. The van der Waals surface area contributed by atoms with Crippen molar-refractivity contribution in [3.05, 3.63) is 76.3 Å². The van der Waals surface area contributed by atoms with Gasteiger partial charge in [0.05, 0.1) is 11.4 Å². The van der Waals surface area contributed by atoms with E-state index in [2.05, 4.69) is 10.1 Å². The molecule has 0 saturated heterocycles. The molecule has 1 aliphatic heterocycles. The van der Waals surface area contributed by atoms with Crippen LogP contribution in [0.25, 0.3) is 5.65 Å². The number of benzene rings is 1. The van der Waals surface area contributed by atoms with Gasteiger partial charge in [-0.2, -0.15) is 5.10 Å². The van der Waals surface area contributed by atoms with E-state index < -0.39 is 5.97 Å². The summed E-state index contributed by atoms with van der Waals surface area (Å²) in [6, 6.07) is 15.6. The van der Waals surface area contributed by atoms with Crippen molar-refractivity contribution in [3.8, 4) is 0 Å². The summed E-state index contributed by atoms with van der Waals surface area (Å²) in [6.07, 6.45) is 0.367. The van der Waals surface area contributed by atoms with Crippen LogP contribution < -0.4 is 10.6 Å². The first-order valence-corrected chi connectivity index (χ1v) is 9.14. The number of carbonyl (C=O) groups is 2. The molecule has 0 unspecified atom stereocenters. The quantitative estimate of drug-likeness (QED) is 0.637. The van der Waals surface area contributed by atoms with Gasteiger partial charge in [-0.15, -0.1) is 0 Å². The van der Waals surface area contributed by atoms with Crippen LogP contribution in [0.2, 0.25) is 0 Å². The Morgan fingerprint density at radius 3 is 2.66 bits per heavy atom. The van der Waals surface area contributed by atoms with Crippen molar-refractivity contribution in [3.63, 3.8) is 0 Å². The van der Waals surface area contributed by atoms with Crippen molar-refractivity contribution in [2.45, 2.75) is 26.4 Å². The van der Waals surface area contributed by atoms with E-state index in [0.717, 1.165) is 5.69 Å². The topological polar surface area (TPSA) is 93.3 Å². The number of hydrogen-bond donors (Lipinski definition) is 0. The minimum Gasteiger partial charge on any atom is -0.455 e. The number of para-hydroxylation sites is 1. The van der Waals surface area contributed by atoms with Gasteiger partial charge in [0.15, 0.2) is 0 Å². The Morgan fingerprint density at radius 2 is 1.86 bits per heavy atom. The van der Waals surface area contributed by atoms with E-state index in [1.165, 1.54) is 15.5 Å². The monoisotopic (exact) mass is 390 g/mol. The van der Waals surface area contributed by atoms with Crippen LogP contribution in [0.1, 0.15) is 24.2 Å². The number of amides is 1. The molecule has 8 heteroatoms. The molecular formula is C21H18N4O4. The lowest BCUT2D eigenvalue weighted by Crippen LogP contribution is -2.35. The van der Waals surface area contributed by atoms with Gasteiger partial charge >= 0.3 is 5.97 Å². The highest BCUT2D eigenvalue weighted by molar-refractivity contribution is 6.37. The van der Waals surface area contributed by atoms with Crippen LogP contribution in [-0.4, -0.2) is 27.0 Å². The standard InChI is InChI=1S/C21H18N4O4/c1-14-6-5-9-18-22-15(12-20(27)24(14)18)13-29-21(28)17-10-11-19(26)25(23-17)16-7-3-2-4-8-16/h2-9,12H,10-11,13H2,1H3. The van der Waals surface area contributed by atoms with E-state index >= 15 is 0 Å². The fourth-order valence-corrected chi connectivity index (χ4v) is 3.13. The van der Waals surface area contributed by atoms with Crippen LogP contribution in [0.5, 0.6) is 0 Å². The van der Waals surface area contributed by atoms with Gasteiger partial charge in [-0.25, -0.2) is 14.8 Å². The van der Waals surface area contributed by atoms with E-state index in [1.807, 2.05) is 19.1 Å². The number of pyridine rings is 1. The third-order valence-corrected chi connectivity index (χ3v) is 4.55. The fraction of sp³-hybridized carbons (Fsp3) is 0.190. The minimum atomic E-state index is -0.635. The summed E-state index contributed by atoms with van der Waals surface area (Å²) >= 11 is 0. The summed E-state index contributed by atoms with van der Waals surface area (Å²) in [5.41, 5.74) is 2.10. The highest BCUT2D eigenvalue weighted by Gasteiger charge is 2.26. The first-order chi connectivity index (χ1) is 14.0. The van der Waals surface area contributed by atoms with Crippen LogP contribution in [0.3, 0.4) is 0 Å². The van der Waals surface area contributed by atoms with Crippen molar-refractivity contribution in [2.75, 3.05) is 5.01 Å². The van der Waals surface area contributed by atoms with Crippen LogP contribution in [0.4, 0.5) is 5.69 Å². The molecule has 0 N–H and O–H groups in total. The molecular weight excluding hydrogens is 372 g/mol. The van der Waals surface area contributed by atoms with Crippen molar-refractivity contribution in [1.82, 2.24) is 9.38 Å². The number of hydrogen-bond acceptors (Lipinski definition) is 6. The largest absolute Gasteiger partial charge is 0.455 e. The third-order valence-electron chi connectivity index (χ3n) is 4.55. The Balaban J connectivity index is 1.52. The molecule has 1 amide bonds. The van der Waals surface area contributed by atoms with E-state index in [9.17, 15) is 14.4 Å². The maximum atomic E-state index is 12.5. The Morgan fingerprint density at radius 1 is 1.07 bits per heavy atom. The van der Waals surface area contributed by atoms with Gasteiger partial charge in [0.2, 0.25) is 5.91 Å². The maximum Gasteiger partial charge on any atom is 0.354 e. The fourth-order valence-electron chi connectivity index (χ4n) is 3.13. The molecule has 0 atom stereocenters. The van der Waals surface area contributed by atoms with E-state index in [4.69, 9.17) is 4.74 Å². The molecule has 1 aliphatic rings. The molecule has 0 saturated carbocycles. The van der Waals surface area contributed by atoms with Crippen molar-refractivity contribution in [2.24, 2.45) is 5.10 Å². The molecule has 3 heterocycles. The molecule has 8 nitrogen and oxygen atoms in total. The minimum absolute atomic E-state index is 0.154. The highest BCUT2D eigenvalue weighted by atomic mass is 16.5. The normalized spacial score (nSPS) is 14.0. The number of esters is 1. The lowest BCUT2D eigenvalue weighted by Gasteiger charge is -2.22. The second kappa shape index (κ2) is 7.67. The highest BCUT2D eigenvalue weighted by Crippen LogP contribution is 2.20. The zero-order valence-electron chi connectivity index (χ0n) is 15.7. The van der Waals surface area contributed by atoms with Crippen LogP contribution in [0.15, 0.2) is 64.5 Å². The number of anilines is 1. The van der Waals surface area contributed by atoms with Gasteiger partial charge in [0.25, 0.3) is 5.56 Å². The molecule has 1 aromatic carbocycles. The average Bonchev–Trinajstić information content (AvgIpc) is 2.73. The smallest absolute Gasteiger partial charge is 0.354 e. The molecule has 0 spiro atoms. The number of carbonyl (C=O) groups excluding carboxylic acids is 2. The Bertz CT molecular complexity index is 1180. The van der Waals surface area contributed by atoms with Gasteiger partial charge in [0.1, 0.15) is 18.0 Å². The lowest BCUT2D eigenvalue weighted by molar-refractivity contribution is -0.137. The molecule has 4 rings (SSSR count). The van der Waals surface area contributed by atoms with Crippen LogP contribution in [-0.2, 0) is 20.9 Å². The second-order valence-corrected chi connectivity index (χ2v) is 6.61. The number of nitrogens with zero attached hydrogens (tertiary/aromatic N) is 4. The SMILES string of the molecule is Cc1cccc2nc(COC(=O)C3=NN(c4ccccc4)C(=O)CC3)cc(=O)n12. The van der Waals surface area contributed by atoms with Gasteiger partial charge in [-0.1, -0.05) is 24.3 Å².